The van der Waals surface area contributed by atoms with Gasteiger partial charge >= 0.3 is 0 Å². The van der Waals surface area contributed by atoms with E-state index in [0.717, 1.165) is 5.56 Å². The predicted octanol–water partition coefficient (Wildman–Crippen LogP) is 1.37. The molecule has 4 nitrogen and oxygen atoms in total. The fraction of sp³-hybridized carbons (Fsp3) is 0.462. The number of amides is 1. The molecule has 19 heavy (non-hydrogen) atoms. The highest BCUT2D eigenvalue weighted by Crippen LogP contribution is 2.25. The second-order valence-electron chi connectivity index (χ2n) is 4.60. The Kier molecular flexibility index (Phi) is 5.05. The molecule has 1 fully saturated rings. The van der Waals surface area contributed by atoms with Gasteiger partial charge in [0.05, 0.1) is 22.2 Å². The molecule has 1 aromatic carbocycles. The maximum absolute atomic E-state index is 11.8. The van der Waals surface area contributed by atoms with E-state index >= 15 is 0 Å². The summed E-state index contributed by atoms with van der Waals surface area (Å²) in [6.07, 6.45) is 0.655. The molecule has 0 saturated carbocycles. The van der Waals surface area contributed by atoms with Crippen molar-refractivity contribution in [2.75, 3.05) is 13.1 Å². The summed E-state index contributed by atoms with van der Waals surface area (Å²) in [4.78, 5) is 11.8. The van der Waals surface area contributed by atoms with Gasteiger partial charge in [-0.1, -0.05) is 35.3 Å². The lowest BCUT2D eigenvalue weighted by Crippen LogP contribution is -2.41. The van der Waals surface area contributed by atoms with E-state index < -0.39 is 6.10 Å². The number of aliphatic hydroxyl groups excluding tert-OH is 1. The first kappa shape index (κ1) is 14.6. The van der Waals surface area contributed by atoms with Gasteiger partial charge in [0.25, 0.3) is 0 Å². The Balaban J connectivity index is 1.80. The number of nitrogens with one attached hydrogen (secondary N) is 2. The largest absolute Gasteiger partial charge is 0.392 e. The summed E-state index contributed by atoms with van der Waals surface area (Å²) in [5, 5.41) is 16.2. The molecule has 1 amide bonds. The molecular formula is C13H16Cl2N2O2. The minimum Gasteiger partial charge on any atom is -0.392 e. The van der Waals surface area contributed by atoms with E-state index in [1.54, 1.807) is 6.07 Å². The Morgan fingerprint density at radius 2 is 2.26 bits per heavy atom. The summed E-state index contributed by atoms with van der Waals surface area (Å²) < 4.78 is 0. The Morgan fingerprint density at radius 3 is 2.95 bits per heavy atom. The predicted molar refractivity (Wildman–Crippen MR) is 75.6 cm³/mol. The molecular weight excluding hydrogens is 287 g/mol. The van der Waals surface area contributed by atoms with E-state index in [1.165, 1.54) is 0 Å². The number of halogens is 2. The highest BCUT2D eigenvalue weighted by Gasteiger charge is 2.27. The normalized spacial score (nSPS) is 22.5. The van der Waals surface area contributed by atoms with Gasteiger partial charge < -0.3 is 15.7 Å². The Bertz CT molecular complexity index is 468. The molecule has 0 radical (unpaired) electrons. The summed E-state index contributed by atoms with van der Waals surface area (Å²) in [5.41, 5.74) is 0.911. The highest BCUT2D eigenvalue weighted by atomic mass is 35.5. The fourth-order valence-electron chi connectivity index (χ4n) is 2.10. The summed E-state index contributed by atoms with van der Waals surface area (Å²) in [6.45, 7) is 0.964. The average molecular weight is 303 g/mol. The number of benzene rings is 1. The maximum atomic E-state index is 11.8. The van der Waals surface area contributed by atoms with Gasteiger partial charge in [-0.3, -0.25) is 4.79 Å². The second-order valence-corrected chi connectivity index (χ2v) is 5.39. The van der Waals surface area contributed by atoms with Crippen LogP contribution in [0.2, 0.25) is 10.0 Å². The minimum atomic E-state index is -0.432. The SMILES string of the molecule is O=C(NCCc1cccc(Cl)c1Cl)[C@H]1C[C@@H](O)CN1. The molecule has 0 aromatic heterocycles. The van der Waals surface area contributed by atoms with Crippen LogP contribution in [0.15, 0.2) is 18.2 Å². The molecule has 0 aliphatic carbocycles. The standard InChI is InChI=1S/C13H16Cl2N2O2/c14-10-3-1-2-8(12(10)15)4-5-16-13(19)11-6-9(18)7-17-11/h1-3,9,11,17-18H,4-7H2,(H,16,19)/t9-,11-/m1/s1. The zero-order chi connectivity index (χ0) is 13.8. The van der Waals surface area contributed by atoms with Crippen molar-refractivity contribution in [2.24, 2.45) is 0 Å². The fourth-order valence-corrected chi connectivity index (χ4v) is 2.52. The molecule has 1 aromatic rings. The van der Waals surface area contributed by atoms with Gasteiger partial charge in [0.15, 0.2) is 0 Å². The number of hydrogen-bond donors (Lipinski definition) is 3. The molecule has 1 aliphatic heterocycles. The Labute approximate surface area is 122 Å². The topological polar surface area (TPSA) is 61.4 Å². The van der Waals surface area contributed by atoms with E-state index in [1.807, 2.05) is 12.1 Å². The van der Waals surface area contributed by atoms with Crippen molar-refractivity contribution >= 4 is 29.1 Å². The van der Waals surface area contributed by atoms with Gasteiger partial charge in [-0.2, -0.15) is 0 Å². The molecule has 1 heterocycles. The third kappa shape index (κ3) is 3.83. The van der Waals surface area contributed by atoms with Crippen molar-refractivity contribution in [3.63, 3.8) is 0 Å². The third-order valence-corrected chi connectivity index (χ3v) is 4.01. The van der Waals surface area contributed by atoms with Crippen LogP contribution in [0, 0.1) is 0 Å². The van der Waals surface area contributed by atoms with Crippen molar-refractivity contribution < 1.29 is 9.90 Å². The monoisotopic (exact) mass is 302 g/mol. The quantitative estimate of drug-likeness (QED) is 0.787. The van der Waals surface area contributed by atoms with E-state index in [-0.39, 0.29) is 11.9 Å². The number of rotatable bonds is 4. The number of β-amino-alcohol motifs (C(OH)–C–C–N with tert-alkyl or cyclic N) is 1. The molecule has 2 rings (SSSR count). The lowest BCUT2D eigenvalue weighted by molar-refractivity contribution is -0.122. The van der Waals surface area contributed by atoms with E-state index in [9.17, 15) is 9.90 Å². The van der Waals surface area contributed by atoms with Crippen molar-refractivity contribution in [3.8, 4) is 0 Å². The zero-order valence-corrected chi connectivity index (χ0v) is 11.8. The lowest BCUT2D eigenvalue weighted by Gasteiger charge is -2.11. The maximum Gasteiger partial charge on any atom is 0.237 e. The van der Waals surface area contributed by atoms with Crippen molar-refractivity contribution in [2.45, 2.75) is 25.0 Å². The van der Waals surface area contributed by atoms with Crippen LogP contribution in [0.3, 0.4) is 0 Å². The molecule has 6 heteroatoms. The molecule has 104 valence electrons. The van der Waals surface area contributed by atoms with Crippen LogP contribution in [0.5, 0.6) is 0 Å². The number of carbonyl (C=O) groups is 1. The first-order valence-corrected chi connectivity index (χ1v) is 6.95. The number of aliphatic hydroxyl groups is 1. The smallest absolute Gasteiger partial charge is 0.237 e. The van der Waals surface area contributed by atoms with Crippen LogP contribution in [0.25, 0.3) is 0 Å². The minimum absolute atomic E-state index is 0.0882. The third-order valence-electron chi connectivity index (χ3n) is 3.15. The van der Waals surface area contributed by atoms with Gasteiger partial charge in [0.1, 0.15) is 0 Å². The van der Waals surface area contributed by atoms with Crippen LogP contribution in [0.1, 0.15) is 12.0 Å². The van der Waals surface area contributed by atoms with E-state index in [0.29, 0.717) is 36.0 Å². The first-order valence-electron chi connectivity index (χ1n) is 6.20. The Hall–Kier alpha value is -0.810. The number of carbonyl (C=O) groups excluding carboxylic acids is 1. The van der Waals surface area contributed by atoms with Crippen LogP contribution in [-0.4, -0.2) is 36.2 Å². The van der Waals surface area contributed by atoms with Gasteiger partial charge in [0, 0.05) is 13.1 Å². The zero-order valence-electron chi connectivity index (χ0n) is 10.3. The molecule has 1 aliphatic rings. The molecule has 0 spiro atoms. The van der Waals surface area contributed by atoms with Crippen molar-refractivity contribution in [3.05, 3.63) is 33.8 Å². The molecule has 1 saturated heterocycles. The van der Waals surface area contributed by atoms with E-state index in [2.05, 4.69) is 10.6 Å². The highest BCUT2D eigenvalue weighted by molar-refractivity contribution is 6.42. The van der Waals surface area contributed by atoms with E-state index in [4.69, 9.17) is 23.2 Å². The molecule has 0 unspecified atom stereocenters. The Morgan fingerprint density at radius 1 is 1.47 bits per heavy atom. The van der Waals surface area contributed by atoms with Gasteiger partial charge in [0.2, 0.25) is 5.91 Å². The first-order chi connectivity index (χ1) is 9.08. The summed E-state index contributed by atoms with van der Waals surface area (Å²) in [5.74, 6) is -0.0882. The molecule has 0 bridgehead atoms. The van der Waals surface area contributed by atoms with Gasteiger partial charge in [-0.15, -0.1) is 0 Å². The van der Waals surface area contributed by atoms with Crippen LogP contribution in [-0.2, 0) is 11.2 Å². The summed E-state index contributed by atoms with van der Waals surface area (Å²) >= 11 is 12.0. The second kappa shape index (κ2) is 6.57. The molecule has 2 atom stereocenters. The van der Waals surface area contributed by atoms with Crippen LogP contribution < -0.4 is 10.6 Å². The van der Waals surface area contributed by atoms with Crippen LogP contribution >= 0.6 is 23.2 Å². The van der Waals surface area contributed by atoms with Crippen molar-refractivity contribution in [1.29, 1.82) is 0 Å². The van der Waals surface area contributed by atoms with Crippen LogP contribution in [0.4, 0.5) is 0 Å². The van der Waals surface area contributed by atoms with Crippen molar-refractivity contribution in [1.82, 2.24) is 10.6 Å². The summed E-state index contributed by atoms with van der Waals surface area (Å²) in [6, 6.07) is 5.15. The number of hydrogen-bond acceptors (Lipinski definition) is 3. The summed E-state index contributed by atoms with van der Waals surface area (Å²) in [7, 11) is 0. The van der Waals surface area contributed by atoms with Gasteiger partial charge in [-0.05, 0) is 24.5 Å². The lowest BCUT2D eigenvalue weighted by atomic mass is 10.1. The molecule has 3 N–H and O–H groups in total. The average Bonchev–Trinajstić information content (AvgIpc) is 2.81. The van der Waals surface area contributed by atoms with Gasteiger partial charge in [-0.25, -0.2) is 0 Å².